The van der Waals surface area contributed by atoms with Crippen LogP contribution in [-0.2, 0) is 9.53 Å². The molecule has 1 aliphatic rings. The molecule has 4 nitrogen and oxygen atoms in total. The standard InChI is InChI=1S/C6H8O4/c7-2-6-5(9)1-4(8)3-10-6/h1,6-7,9H,2-3H2. The fourth-order valence-corrected chi connectivity index (χ4v) is 0.714. The summed E-state index contributed by atoms with van der Waals surface area (Å²) in [6.45, 7) is -0.356. The van der Waals surface area contributed by atoms with E-state index in [0.29, 0.717) is 0 Å². The van der Waals surface area contributed by atoms with Crippen LogP contribution >= 0.6 is 0 Å². The van der Waals surface area contributed by atoms with Gasteiger partial charge in [-0.3, -0.25) is 4.79 Å². The molecular formula is C6H8O4. The highest BCUT2D eigenvalue weighted by molar-refractivity contribution is 5.91. The lowest BCUT2D eigenvalue weighted by atomic mass is 10.2. The van der Waals surface area contributed by atoms with Crippen LogP contribution in [0.2, 0.25) is 0 Å². The predicted molar refractivity (Wildman–Crippen MR) is 32.5 cm³/mol. The van der Waals surface area contributed by atoms with E-state index < -0.39 is 6.10 Å². The first kappa shape index (κ1) is 7.24. The van der Waals surface area contributed by atoms with E-state index in [0.717, 1.165) is 6.08 Å². The summed E-state index contributed by atoms with van der Waals surface area (Å²) in [5.74, 6) is -0.471. The van der Waals surface area contributed by atoms with Gasteiger partial charge in [-0.1, -0.05) is 0 Å². The van der Waals surface area contributed by atoms with Crippen LogP contribution in [0.15, 0.2) is 11.8 Å². The number of hydrogen-bond donors (Lipinski definition) is 2. The zero-order chi connectivity index (χ0) is 7.56. The van der Waals surface area contributed by atoms with E-state index in [9.17, 15) is 4.79 Å². The molecule has 0 amide bonds. The van der Waals surface area contributed by atoms with Gasteiger partial charge in [-0.25, -0.2) is 0 Å². The van der Waals surface area contributed by atoms with Crippen molar-refractivity contribution in [2.75, 3.05) is 13.2 Å². The summed E-state index contributed by atoms with van der Waals surface area (Å²) in [6.07, 6.45) is 0.363. The largest absolute Gasteiger partial charge is 0.509 e. The van der Waals surface area contributed by atoms with Gasteiger partial charge >= 0.3 is 0 Å². The summed E-state index contributed by atoms with van der Waals surface area (Å²) in [6, 6.07) is 0. The molecule has 0 radical (unpaired) electrons. The van der Waals surface area contributed by atoms with Crippen molar-refractivity contribution >= 4 is 5.78 Å². The van der Waals surface area contributed by atoms with Crippen LogP contribution in [0.1, 0.15) is 0 Å². The minimum atomic E-state index is -0.710. The molecule has 0 spiro atoms. The second-order valence-electron chi connectivity index (χ2n) is 2.02. The Kier molecular flexibility index (Phi) is 2.03. The van der Waals surface area contributed by atoms with Gasteiger partial charge in [0.15, 0.2) is 5.78 Å². The smallest absolute Gasteiger partial charge is 0.184 e. The van der Waals surface area contributed by atoms with Crippen molar-refractivity contribution in [3.05, 3.63) is 11.8 Å². The highest BCUT2D eigenvalue weighted by Gasteiger charge is 2.20. The van der Waals surface area contributed by atoms with Crippen LogP contribution in [0.3, 0.4) is 0 Å². The Morgan fingerprint density at radius 3 is 3.00 bits per heavy atom. The fourth-order valence-electron chi connectivity index (χ4n) is 0.714. The van der Waals surface area contributed by atoms with Gasteiger partial charge in [-0.15, -0.1) is 0 Å². The van der Waals surface area contributed by atoms with Crippen LogP contribution < -0.4 is 0 Å². The van der Waals surface area contributed by atoms with E-state index in [-0.39, 0.29) is 24.8 Å². The second kappa shape index (κ2) is 2.81. The van der Waals surface area contributed by atoms with Crippen molar-refractivity contribution in [1.29, 1.82) is 0 Å². The molecule has 1 heterocycles. The predicted octanol–water partition coefficient (Wildman–Crippen LogP) is -0.611. The first-order valence-corrected chi connectivity index (χ1v) is 2.90. The summed E-state index contributed by atoms with van der Waals surface area (Å²) in [5, 5.41) is 17.4. The number of aliphatic hydroxyl groups is 2. The maximum atomic E-state index is 10.5. The number of aliphatic hydroxyl groups excluding tert-OH is 2. The fraction of sp³-hybridized carbons (Fsp3) is 0.500. The molecule has 1 unspecified atom stereocenters. The minimum Gasteiger partial charge on any atom is -0.509 e. The van der Waals surface area contributed by atoms with E-state index in [1.807, 2.05) is 0 Å². The number of carbonyl (C=O) groups is 1. The molecule has 0 saturated heterocycles. The number of hydrogen-bond acceptors (Lipinski definition) is 4. The van der Waals surface area contributed by atoms with Crippen LogP contribution in [0.5, 0.6) is 0 Å². The maximum Gasteiger partial charge on any atom is 0.184 e. The summed E-state index contributed by atoms with van der Waals surface area (Å²) in [4.78, 5) is 10.5. The molecule has 0 bridgehead atoms. The summed E-state index contributed by atoms with van der Waals surface area (Å²) in [7, 11) is 0. The van der Waals surface area contributed by atoms with Gasteiger partial charge in [0.2, 0.25) is 0 Å². The lowest BCUT2D eigenvalue weighted by Crippen LogP contribution is -2.28. The summed E-state index contributed by atoms with van der Waals surface area (Å²) in [5.41, 5.74) is 0. The first-order valence-electron chi connectivity index (χ1n) is 2.90. The molecule has 56 valence electrons. The molecule has 1 aliphatic heterocycles. The normalized spacial score (nSPS) is 26.3. The third-order valence-corrected chi connectivity index (χ3v) is 1.23. The maximum absolute atomic E-state index is 10.5. The molecule has 0 aromatic heterocycles. The van der Waals surface area contributed by atoms with Crippen molar-refractivity contribution in [2.45, 2.75) is 6.10 Å². The molecule has 4 heteroatoms. The molecule has 1 rings (SSSR count). The van der Waals surface area contributed by atoms with Gasteiger partial charge in [0.05, 0.1) is 6.61 Å². The summed E-state index contributed by atoms with van der Waals surface area (Å²) < 4.78 is 4.73. The van der Waals surface area contributed by atoms with Crippen molar-refractivity contribution in [3.8, 4) is 0 Å². The van der Waals surface area contributed by atoms with Crippen molar-refractivity contribution in [3.63, 3.8) is 0 Å². The number of ketones is 1. The Hall–Kier alpha value is -0.870. The number of carbonyl (C=O) groups excluding carboxylic acids is 1. The number of ether oxygens (including phenoxy) is 1. The first-order chi connectivity index (χ1) is 4.74. The van der Waals surface area contributed by atoms with Gasteiger partial charge in [0.1, 0.15) is 18.5 Å². The minimum absolute atomic E-state index is 0.0602. The van der Waals surface area contributed by atoms with Gasteiger partial charge in [-0.05, 0) is 0 Å². The lowest BCUT2D eigenvalue weighted by molar-refractivity contribution is -0.124. The quantitative estimate of drug-likeness (QED) is 0.515. The van der Waals surface area contributed by atoms with Crippen LogP contribution in [0.4, 0.5) is 0 Å². The van der Waals surface area contributed by atoms with E-state index in [1.54, 1.807) is 0 Å². The van der Waals surface area contributed by atoms with Gasteiger partial charge in [0, 0.05) is 6.08 Å². The lowest BCUT2D eigenvalue weighted by Gasteiger charge is -2.17. The summed E-state index contributed by atoms with van der Waals surface area (Å²) >= 11 is 0. The van der Waals surface area contributed by atoms with Gasteiger partial charge in [0.25, 0.3) is 0 Å². The van der Waals surface area contributed by atoms with E-state index in [1.165, 1.54) is 0 Å². The second-order valence-corrected chi connectivity index (χ2v) is 2.02. The third kappa shape index (κ3) is 1.34. The van der Waals surface area contributed by atoms with Crippen molar-refractivity contribution in [1.82, 2.24) is 0 Å². The van der Waals surface area contributed by atoms with Crippen molar-refractivity contribution < 1.29 is 19.7 Å². The van der Waals surface area contributed by atoms with Crippen LogP contribution in [0.25, 0.3) is 0 Å². The Bertz CT molecular complexity index is 173. The third-order valence-electron chi connectivity index (χ3n) is 1.23. The Labute approximate surface area is 57.7 Å². The molecule has 2 N–H and O–H groups in total. The van der Waals surface area contributed by atoms with Gasteiger partial charge in [-0.2, -0.15) is 0 Å². The molecule has 0 aliphatic carbocycles. The molecule has 0 saturated carbocycles. The molecular weight excluding hydrogens is 136 g/mol. The van der Waals surface area contributed by atoms with Crippen LogP contribution in [0, 0.1) is 0 Å². The molecule has 1 atom stereocenters. The molecule has 0 aromatic carbocycles. The topological polar surface area (TPSA) is 66.8 Å². The monoisotopic (exact) mass is 144 g/mol. The average molecular weight is 144 g/mol. The van der Waals surface area contributed by atoms with E-state index in [2.05, 4.69) is 0 Å². The molecule has 10 heavy (non-hydrogen) atoms. The Morgan fingerprint density at radius 1 is 1.80 bits per heavy atom. The highest BCUT2D eigenvalue weighted by Crippen LogP contribution is 2.08. The highest BCUT2D eigenvalue weighted by atomic mass is 16.5. The van der Waals surface area contributed by atoms with E-state index >= 15 is 0 Å². The molecule has 0 fully saturated rings. The van der Waals surface area contributed by atoms with E-state index in [4.69, 9.17) is 14.9 Å². The average Bonchev–Trinajstić information content (AvgIpc) is 1.88. The number of rotatable bonds is 1. The van der Waals surface area contributed by atoms with Crippen LogP contribution in [-0.4, -0.2) is 35.3 Å². The van der Waals surface area contributed by atoms with Gasteiger partial charge < -0.3 is 14.9 Å². The van der Waals surface area contributed by atoms with Crippen molar-refractivity contribution in [2.24, 2.45) is 0 Å². The SMILES string of the molecule is O=C1C=C(O)C(CO)OC1. The Morgan fingerprint density at radius 2 is 2.50 bits per heavy atom. The Balaban J connectivity index is 2.67. The molecule has 0 aromatic rings. The zero-order valence-corrected chi connectivity index (χ0v) is 5.28. The zero-order valence-electron chi connectivity index (χ0n) is 5.28.